The molecule has 2 aliphatic rings. The number of nitrogens with two attached hydrogens (primary N) is 1. The van der Waals surface area contributed by atoms with Crippen molar-refractivity contribution in [2.45, 2.75) is 24.9 Å². The zero-order valence-corrected chi connectivity index (χ0v) is 18.5. The number of hydrogen-bond acceptors (Lipinski definition) is 8. The highest BCUT2D eigenvalue weighted by atomic mass is 19.1. The van der Waals surface area contributed by atoms with E-state index in [0.29, 0.717) is 29.2 Å². The van der Waals surface area contributed by atoms with Crippen LogP contribution in [-0.4, -0.2) is 55.2 Å². The summed E-state index contributed by atoms with van der Waals surface area (Å²) in [5, 5.41) is 12.3. The molecule has 1 aliphatic heterocycles. The topological polar surface area (TPSA) is 125 Å². The molecule has 11 heteroatoms. The van der Waals surface area contributed by atoms with Crippen molar-refractivity contribution in [3.05, 3.63) is 42.6 Å². The van der Waals surface area contributed by atoms with Gasteiger partial charge in [-0.15, -0.1) is 0 Å². The number of nitrogens with one attached hydrogen (secondary N) is 3. The largest absolute Gasteiger partial charge is 0.386 e. The number of rotatable bonds is 4. The second-order valence-corrected chi connectivity index (χ2v) is 9.15. The Morgan fingerprint density at radius 3 is 2.91 bits per heavy atom. The first-order valence-electron chi connectivity index (χ1n) is 11.4. The summed E-state index contributed by atoms with van der Waals surface area (Å²) in [4.78, 5) is 19.7. The van der Waals surface area contributed by atoms with Crippen LogP contribution in [0.15, 0.2) is 36.8 Å². The van der Waals surface area contributed by atoms with Crippen LogP contribution in [0, 0.1) is 11.7 Å². The number of piperidine rings is 1. The molecule has 0 amide bonds. The normalized spacial score (nSPS) is 21.9. The van der Waals surface area contributed by atoms with Crippen molar-refractivity contribution in [2.75, 3.05) is 29.1 Å². The monoisotopic (exact) mass is 458 g/mol. The maximum absolute atomic E-state index is 14.5. The maximum atomic E-state index is 14.5. The minimum absolute atomic E-state index is 0.222. The molecule has 0 radical (unpaired) electrons. The van der Waals surface area contributed by atoms with Crippen molar-refractivity contribution in [3.8, 4) is 0 Å². The summed E-state index contributed by atoms with van der Waals surface area (Å²) in [5.41, 5.74) is 9.88. The van der Waals surface area contributed by atoms with E-state index in [9.17, 15) is 4.39 Å². The van der Waals surface area contributed by atoms with Gasteiger partial charge in [-0.2, -0.15) is 15.1 Å². The molecule has 5 aromatic rings. The van der Waals surface area contributed by atoms with Gasteiger partial charge in [-0.25, -0.2) is 13.9 Å². The van der Waals surface area contributed by atoms with Crippen LogP contribution < -0.4 is 21.3 Å². The first-order valence-corrected chi connectivity index (χ1v) is 11.4. The minimum atomic E-state index is -0.310. The number of benzene rings is 1. The van der Waals surface area contributed by atoms with Crippen LogP contribution >= 0.6 is 0 Å². The molecule has 172 valence electrons. The Bertz CT molecular complexity index is 1570. The molecule has 2 unspecified atom stereocenters. The fourth-order valence-electron chi connectivity index (χ4n) is 5.57. The molecule has 1 aromatic carbocycles. The van der Waals surface area contributed by atoms with Gasteiger partial charge in [-0.1, -0.05) is 0 Å². The fraction of sp³-hybridized carbons (Fsp3) is 0.304. The van der Waals surface area contributed by atoms with Gasteiger partial charge in [0.25, 0.3) is 0 Å². The van der Waals surface area contributed by atoms with Crippen molar-refractivity contribution in [1.29, 1.82) is 0 Å². The first kappa shape index (κ1) is 19.5. The van der Waals surface area contributed by atoms with Gasteiger partial charge in [0.05, 0.1) is 28.5 Å². The number of aromatic nitrogens is 6. The lowest BCUT2D eigenvalue weighted by Gasteiger charge is -2.31. The first-order chi connectivity index (χ1) is 16.6. The third-order valence-corrected chi connectivity index (χ3v) is 7.16. The van der Waals surface area contributed by atoms with E-state index < -0.39 is 0 Å². The van der Waals surface area contributed by atoms with E-state index in [-0.39, 0.29) is 11.9 Å². The smallest absolute Gasteiger partial charge is 0.231 e. The Labute approximate surface area is 193 Å². The van der Waals surface area contributed by atoms with E-state index in [4.69, 9.17) is 15.7 Å². The molecule has 10 nitrogen and oxygen atoms in total. The minimum Gasteiger partial charge on any atom is -0.386 e. The standard InChI is InChI=1S/C23H23FN10/c1-26-17-6-12(24)5-15-19-21(30-20(15)17)31-23(29-13-7-18-27-2-3-34(18)28-9-13)32-22(19)33-10-11-4-14(33)8-16(11)25/h2-3,5-7,9,11,14,16,26H,4,8,10,25H2,1H3,(H2,29,30,31,32)/t11?,14?,16-/m1/s1. The Morgan fingerprint density at radius 2 is 2.12 bits per heavy atom. The van der Waals surface area contributed by atoms with E-state index in [1.165, 1.54) is 6.07 Å². The average Bonchev–Trinajstić information content (AvgIpc) is 3.60. The average molecular weight is 459 g/mol. The van der Waals surface area contributed by atoms with E-state index >= 15 is 0 Å². The second kappa shape index (κ2) is 7.00. The summed E-state index contributed by atoms with van der Waals surface area (Å²) in [6.07, 6.45) is 7.17. The molecule has 1 aliphatic carbocycles. The molecule has 2 bridgehead atoms. The van der Waals surface area contributed by atoms with Gasteiger partial charge in [0.2, 0.25) is 5.95 Å². The summed E-state index contributed by atoms with van der Waals surface area (Å²) in [5.74, 6) is 1.36. The van der Waals surface area contributed by atoms with Crippen LogP contribution in [0.2, 0.25) is 0 Å². The molecular weight excluding hydrogens is 435 g/mol. The lowest BCUT2D eigenvalue weighted by atomic mass is 10.0. The van der Waals surface area contributed by atoms with Crippen LogP contribution in [0.25, 0.3) is 27.6 Å². The molecule has 1 saturated carbocycles. The highest BCUT2D eigenvalue weighted by molar-refractivity contribution is 6.15. The fourth-order valence-corrected chi connectivity index (χ4v) is 5.57. The van der Waals surface area contributed by atoms with E-state index in [0.717, 1.165) is 52.8 Å². The van der Waals surface area contributed by atoms with E-state index in [1.54, 1.807) is 36.2 Å². The van der Waals surface area contributed by atoms with Crippen molar-refractivity contribution >= 4 is 50.7 Å². The zero-order valence-electron chi connectivity index (χ0n) is 18.5. The molecule has 34 heavy (non-hydrogen) atoms. The number of nitrogens with zero attached hydrogens (tertiary/aromatic N) is 6. The van der Waals surface area contributed by atoms with Gasteiger partial charge < -0.3 is 26.3 Å². The number of hydrogen-bond donors (Lipinski definition) is 4. The molecular formula is C23H23FN10. The molecule has 5 N–H and O–H groups in total. The highest BCUT2D eigenvalue weighted by Gasteiger charge is 2.44. The molecule has 4 aromatic heterocycles. The van der Waals surface area contributed by atoms with Crippen LogP contribution in [0.5, 0.6) is 0 Å². The summed E-state index contributed by atoms with van der Waals surface area (Å²) in [6, 6.07) is 5.45. The summed E-state index contributed by atoms with van der Waals surface area (Å²) in [7, 11) is 1.78. The van der Waals surface area contributed by atoms with Crippen LogP contribution in [0.4, 0.5) is 27.5 Å². The molecule has 1 saturated heterocycles. The summed E-state index contributed by atoms with van der Waals surface area (Å²) < 4.78 is 16.2. The lowest BCUT2D eigenvalue weighted by molar-refractivity contribution is 0.471. The number of aromatic amines is 1. The van der Waals surface area contributed by atoms with E-state index in [2.05, 4.69) is 30.6 Å². The van der Waals surface area contributed by atoms with Crippen LogP contribution in [0.1, 0.15) is 12.8 Å². The van der Waals surface area contributed by atoms with Crippen molar-refractivity contribution < 1.29 is 4.39 Å². The van der Waals surface area contributed by atoms with Crippen molar-refractivity contribution in [2.24, 2.45) is 11.7 Å². The SMILES string of the molecule is CNc1cc(F)cc2c1[nH]c1nc(Nc3cnn4ccnc4c3)nc(N3CC4CC3C[C@H]4N)c12. The molecule has 2 fully saturated rings. The van der Waals surface area contributed by atoms with E-state index in [1.807, 2.05) is 6.07 Å². The van der Waals surface area contributed by atoms with Gasteiger partial charge >= 0.3 is 0 Å². The Balaban J connectivity index is 1.41. The molecule has 5 heterocycles. The number of imidazole rings is 1. The van der Waals surface area contributed by atoms with Crippen molar-refractivity contribution in [3.63, 3.8) is 0 Å². The van der Waals surface area contributed by atoms with Gasteiger partial charge in [0.15, 0.2) is 5.65 Å². The van der Waals surface area contributed by atoms with Crippen LogP contribution in [-0.2, 0) is 0 Å². The van der Waals surface area contributed by atoms with Gasteiger partial charge in [-0.05, 0) is 30.9 Å². The second-order valence-electron chi connectivity index (χ2n) is 9.15. The third kappa shape index (κ3) is 2.83. The van der Waals surface area contributed by atoms with Crippen molar-refractivity contribution in [1.82, 2.24) is 29.5 Å². The lowest BCUT2D eigenvalue weighted by Crippen LogP contribution is -2.41. The van der Waals surface area contributed by atoms with Crippen LogP contribution in [0.3, 0.4) is 0 Å². The molecule has 0 spiro atoms. The predicted molar refractivity (Wildman–Crippen MR) is 129 cm³/mol. The number of halogens is 1. The van der Waals surface area contributed by atoms with Gasteiger partial charge in [0.1, 0.15) is 17.3 Å². The quantitative estimate of drug-likeness (QED) is 0.324. The zero-order chi connectivity index (χ0) is 23.0. The number of anilines is 4. The summed E-state index contributed by atoms with van der Waals surface area (Å²) in [6.45, 7) is 0.833. The highest BCUT2D eigenvalue weighted by Crippen LogP contribution is 2.43. The summed E-state index contributed by atoms with van der Waals surface area (Å²) >= 11 is 0. The molecule has 7 rings (SSSR count). The number of fused-ring (bicyclic) bond motifs is 6. The Hall–Kier alpha value is -3.99. The van der Waals surface area contributed by atoms with Gasteiger partial charge in [0, 0.05) is 49.5 Å². The Morgan fingerprint density at radius 1 is 1.21 bits per heavy atom. The number of H-pyrrole nitrogens is 1. The maximum Gasteiger partial charge on any atom is 0.231 e. The predicted octanol–water partition coefficient (Wildman–Crippen LogP) is 3.00. The van der Waals surface area contributed by atoms with Gasteiger partial charge in [-0.3, -0.25) is 0 Å². The third-order valence-electron chi connectivity index (χ3n) is 7.16. The molecule has 3 atom stereocenters. The Kier molecular flexibility index (Phi) is 4.01.